The van der Waals surface area contributed by atoms with Crippen molar-refractivity contribution >= 4 is 35.1 Å². The normalized spacial score (nSPS) is 11.0. The standard InChI is InChI=1S/C25H17NO2/c27-17-23-24(25(28)19-11-5-2-6-12-19)21(16-15-18-9-3-1-4-10-18)20-13-7-8-14-22(20)26-23/h1-17H/b16-15+. The Balaban J connectivity index is 1.97. The number of fused-ring (bicyclic) bond motifs is 1. The number of ketones is 1. The third-order valence-electron chi connectivity index (χ3n) is 4.58. The topological polar surface area (TPSA) is 47.0 Å². The van der Waals surface area contributed by atoms with Gasteiger partial charge >= 0.3 is 0 Å². The van der Waals surface area contributed by atoms with E-state index in [1.165, 1.54) is 0 Å². The third-order valence-corrected chi connectivity index (χ3v) is 4.58. The summed E-state index contributed by atoms with van der Waals surface area (Å²) in [4.78, 5) is 29.5. The Labute approximate surface area is 163 Å². The summed E-state index contributed by atoms with van der Waals surface area (Å²) in [5.74, 6) is -0.214. The summed E-state index contributed by atoms with van der Waals surface area (Å²) in [6.45, 7) is 0. The van der Waals surface area contributed by atoms with Crippen LogP contribution in [0, 0.1) is 0 Å². The van der Waals surface area contributed by atoms with Gasteiger partial charge < -0.3 is 0 Å². The molecule has 0 aliphatic carbocycles. The molecule has 134 valence electrons. The van der Waals surface area contributed by atoms with Crippen LogP contribution < -0.4 is 0 Å². The fourth-order valence-corrected chi connectivity index (χ4v) is 3.23. The first-order valence-corrected chi connectivity index (χ1v) is 8.99. The Bertz CT molecular complexity index is 1180. The second-order valence-electron chi connectivity index (χ2n) is 6.36. The van der Waals surface area contributed by atoms with Gasteiger partial charge in [-0.25, -0.2) is 4.98 Å². The molecule has 0 aliphatic rings. The molecule has 0 fully saturated rings. The summed E-state index contributed by atoms with van der Waals surface area (Å²) in [5, 5.41) is 0.833. The molecule has 0 saturated carbocycles. The van der Waals surface area contributed by atoms with Crippen LogP contribution in [0.25, 0.3) is 23.1 Å². The van der Waals surface area contributed by atoms with Gasteiger partial charge in [0.25, 0.3) is 0 Å². The van der Waals surface area contributed by atoms with Crippen molar-refractivity contribution in [3.63, 3.8) is 0 Å². The highest BCUT2D eigenvalue weighted by Gasteiger charge is 2.20. The number of benzene rings is 3. The van der Waals surface area contributed by atoms with Crippen molar-refractivity contribution in [3.8, 4) is 0 Å². The summed E-state index contributed by atoms with van der Waals surface area (Å²) in [6.07, 6.45) is 4.49. The molecule has 0 amide bonds. The zero-order valence-corrected chi connectivity index (χ0v) is 15.1. The van der Waals surface area contributed by atoms with Crippen molar-refractivity contribution in [2.75, 3.05) is 0 Å². The monoisotopic (exact) mass is 363 g/mol. The van der Waals surface area contributed by atoms with Crippen LogP contribution in [0.2, 0.25) is 0 Å². The first-order valence-electron chi connectivity index (χ1n) is 8.99. The molecule has 0 spiro atoms. The molecule has 0 aliphatic heterocycles. The molecule has 28 heavy (non-hydrogen) atoms. The van der Waals surface area contributed by atoms with E-state index >= 15 is 0 Å². The minimum atomic E-state index is -0.214. The molecular formula is C25H17NO2. The van der Waals surface area contributed by atoms with Gasteiger partial charge in [-0.3, -0.25) is 9.59 Å². The van der Waals surface area contributed by atoms with Crippen LogP contribution in [-0.4, -0.2) is 17.1 Å². The van der Waals surface area contributed by atoms with Gasteiger partial charge in [-0.2, -0.15) is 0 Å². The molecule has 1 heterocycles. The molecule has 0 bridgehead atoms. The van der Waals surface area contributed by atoms with E-state index in [0.717, 1.165) is 10.9 Å². The lowest BCUT2D eigenvalue weighted by Crippen LogP contribution is -2.10. The number of aromatic nitrogens is 1. The van der Waals surface area contributed by atoms with Crippen LogP contribution in [0.15, 0.2) is 84.9 Å². The third kappa shape index (κ3) is 3.38. The van der Waals surface area contributed by atoms with Crippen molar-refractivity contribution < 1.29 is 9.59 Å². The highest BCUT2D eigenvalue weighted by molar-refractivity contribution is 6.17. The van der Waals surface area contributed by atoms with Crippen LogP contribution in [0.3, 0.4) is 0 Å². The minimum Gasteiger partial charge on any atom is -0.296 e. The molecule has 4 aromatic rings. The maximum atomic E-state index is 13.3. The van der Waals surface area contributed by atoms with Gasteiger partial charge in [0.05, 0.1) is 11.1 Å². The van der Waals surface area contributed by atoms with Gasteiger partial charge in [-0.1, -0.05) is 91.0 Å². The Morgan fingerprint density at radius 2 is 1.39 bits per heavy atom. The van der Waals surface area contributed by atoms with Crippen LogP contribution in [0.5, 0.6) is 0 Å². The molecule has 3 nitrogen and oxygen atoms in total. The Kier molecular flexibility index (Phi) is 4.89. The summed E-state index contributed by atoms with van der Waals surface area (Å²) < 4.78 is 0. The first kappa shape index (κ1) is 17.6. The highest BCUT2D eigenvalue weighted by atomic mass is 16.1. The lowest BCUT2D eigenvalue weighted by atomic mass is 9.93. The zero-order valence-electron chi connectivity index (χ0n) is 15.1. The van der Waals surface area contributed by atoms with Crippen LogP contribution >= 0.6 is 0 Å². The van der Waals surface area contributed by atoms with E-state index in [9.17, 15) is 9.59 Å². The van der Waals surface area contributed by atoms with Gasteiger partial charge in [0.1, 0.15) is 5.69 Å². The minimum absolute atomic E-state index is 0.153. The van der Waals surface area contributed by atoms with Crippen molar-refractivity contribution in [2.24, 2.45) is 0 Å². The SMILES string of the molecule is O=Cc1nc2ccccc2c(/C=C/c2ccccc2)c1C(=O)c1ccccc1. The van der Waals surface area contributed by atoms with E-state index in [1.54, 1.807) is 12.1 Å². The summed E-state index contributed by atoms with van der Waals surface area (Å²) in [6, 6.07) is 26.3. The first-order chi connectivity index (χ1) is 13.8. The number of carbonyl (C=O) groups is 2. The Hall–Kier alpha value is -3.85. The molecule has 0 radical (unpaired) electrons. The number of para-hydroxylation sites is 1. The summed E-state index contributed by atoms with van der Waals surface area (Å²) in [7, 11) is 0. The summed E-state index contributed by atoms with van der Waals surface area (Å²) in [5.41, 5.74) is 3.39. The number of rotatable bonds is 5. The molecule has 3 heteroatoms. The quantitative estimate of drug-likeness (QED) is 0.350. The van der Waals surface area contributed by atoms with E-state index < -0.39 is 0 Å². The van der Waals surface area contributed by atoms with Gasteiger partial charge in [0.15, 0.2) is 12.1 Å². The fraction of sp³-hybridized carbons (Fsp3) is 0. The fourth-order valence-electron chi connectivity index (χ4n) is 3.23. The predicted molar refractivity (Wildman–Crippen MR) is 112 cm³/mol. The average Bonchev–Trinajstić information content (AvgIpc) is 2.77. The van der Waals surface area contributed by atoms with E-state index in [0.29, 0.717) is 28.5 Å². The molecular weight excluding hydrogens is 346 g/mol. The second-order valence-corrected chi connectivity index (χ2v) is 6.36. The van der Waals surface area contributed by atoms with Crippen molar-refractivity contribution in [1.29, 1.82) is 0 Å². The van der Waals surface area contributed by atoms with E-state index in [-0.39, 0.29) is 11.5 Å². The number of aldehydes is 1. The number of nitrogens with zero attached hydrogens (tertiary/aromatic N) is 1. The van der Waals surface area contributed by atoms with Crippen molar-refractivity contribution in [1.82, 2.24) is 4.98 Å². The van der Waals surface area contributed by atoms with Crippen LogP contribution in [0.1, 0.15) is 37.5 Å². The lowest BCUT2D eigenvalue weighted by molar-refractivity contribution is 0.102. The van der Waals surface area contributed by atoms with Gasteiger partial charge in [-0.05, 0) is 17.2 Å². The highest BCUT2D eigenvalue weighted by Crippen LogP contribution is 2.27. The molecule has 3 aromatic carbocycles. The molecule has 0 unspecified atom stereocenters. The van der Waals surface area contributed by atoms with E-state index in [1.807, 2.05) is 84.9 Å². The van der Waals surface area contributed by atoms with Crippen LogP contribution in [-0.2, 0) is 0 Å². The maximum absolute atomic E-state index is 13.3. The van der Waals surface area contributed by atoms with Gasteiger partial charge in [0.2, 0.25) is 0 Å². The Morgan fingerprint density at radius 3 is 2.11 bits per heavy atom. The van der Waals surface area contributed by atoms with Crippen molar-refractivity contribution in [2.45, 2.75) is 0 Å². The molecule has 0 N–H and O–H groups in total. The Morgan fingerprint density at radius 1 is 0.750 bits per heavy atom. The zero-order chi connectivity index (χ0) is 19.3. The van der Waals surface area contributed by atoms with Crippen LogP contribution in [0.4, 0.5) is 0 Å². The van der Waals surface area contributed by atoms with E-state index in [4.69, 9.17) is 0 Å². The number of carbonyl (C=O) groups excluding carboxylic acids is 2. The molecule has 0 saturated heterocycles. The molecule has 1 aromatic heterocycles. The second kappa shape index (κ2) is 7.80. The number of hydrogen-bond acceptors (Lipinski definition) is 3. The number of pyridine rings is 1. The largest absolute Gasteiger partial charge is 0.296 e. The average molecular weight is 363 g/mol. The van der Waals surface area contributed by atoms with Crippen molar-refractivity contribution in [3.05, 3.63) is 113 Å². The van der Waals surface area contributed by atoms with Gasteiger partial charge in [0, 0.05) is 10.9 Å². The molecule has 4 rings (SSSR count). The van der Waals surface area contributed by atoms with Gasteiger partial charge in [-0.15, -0.1) is 0 Å². The summed E-state index contributed by atoms with van der Waals surface area (Å²) >= 11 is 0. The molecule has 0 atom stereocenters. The number of hydrogen-bond donors (Lipinski definition) is 0. The lowest BCUT2D eigenvalue weighted by Gasteiger charge is -2.12. The predicted octanol–water partition coefficient (Wildman–Crippen LogP) is 5.45. The maximum Gasteiger partial charge on any atom is 0.195 e. The smallest absolute Gasteiger partial charge is 0.195 e. The van der Waals surface area contributed by atoms with E-state index in [2.05, 4.69) is 4.98 Å².